The number of likely N-dealkylation sites (tertiary alicyclic amines) is 1. The maximum absolute atomic E-state index is 12.7. The van der Waals surface area contributed by atoms with Crippen LogP contribution < -0.4 is 5.73 Å². The molecule has 23 heavy (non-hydrogen) atoms. The Bertz CT molecular complexity index is 750. The predicted octanol–water partition coefficient (Wildman–Crippen LogP) is 2.83. The summed E-state index contributed by atoms with van der Waals surface area (Å²) >= 11 is 3.02. The number of primary amides is 1. The minimum absolute atomic E-state index is 0.0561. The lowest BCUT2D eigenvalue weighted by atomic mass is 10.1. The second-order valence-electron chi connectivity index (χ2n) is 5.72. The zero-order valence-corrected chi connectivity index (χ0v) is 14.8. The van der Waals surface area contributed by atoms with Crippen molar-refractivity contribution in [3.63, 3.8) is 0 Å². The standard InChI is InChI=1S/C16H19N3O2S2/c1-9-11(18-10(2)22-9)8-15(20)19-7-3-4-12(19)13-5-6-14(23-13)16(17)21/h5-6,12H,3-4,7-8H2,1-2H3,(H2,17,21)/t12-/m0/s1. The van der Waals surface area contributed by atoms with E-state index in [1.807, 2.05) is 24.8 Å². The molecule has 0 unspecified atom stereocenters. The lowest BCUT2D eigenvalue weighted by Gasteiger charge is -2.23. The summed E-state index contributed by atoms with van der Waals surface area (Å²) in [5.74, 6) is -0.305. The van der Waals surface area contributed by atoms with Crippen molar-refractivity contribution in [2.45, 2.75) is 39.2 Å². The summed E-state index contributed by atoms with van der Waals surface area (Å²) in [6, 6.07) is 3.72. The molecule has 0 aromatic carbocycles. The smallest absolute Gasteiger partial charge is 0.258 e. The van der Waals surface area contributed by atoms with Crippen LogP contribution in [-0.2, 0) is 11.2 Å². The molecule has 122 valence electrons. The molecule has 1 aliphatic rings. The summed E-state index contributed by atoms with van der Waals surface area (Å²) in [5, 5.41) is 0.993. The van der Waals surface area contributed by atoms with Gasteiger partial charge in [-0.25, -0.2) is 4.98 Å². The van der Waals surface area contributed by atoms with E-state index in [-0.39, 0.29) is 11.9 Å². The summed E-state index contributed by atoms with van der Waals surface area (Å²) in [6.07, 6.45) is 2.26. The van der Waals surface area contributed by atoms with E-state index in [1.165, 1.54) is 11.3 Å². The third-order valence-electron chi connectivity index (χ3n) is 4.09. The molecule has 3 rings (SSSR count). The van der Waals surface area contributed by atoms with Crippen LogP contribution in [0.1, 0.15) is 49.0 Å². The van der Waals surface area contributed by atoms with E-state index in [0.29, 0.717) is 11.3 Å². The van der Waals surface area contributed by atoms with Crippen molar-refractivity contribution in [1.82, 2.24) is 9.88 Å². The number of thiazole rings is 1. The molecule has 1 aliphatic heterocycles. The van der Waals surface area contributed by atoms with Gasteiger partial charge in [0.05, 0.1) is 28.0 Å². The van der Waals surface area contributed by atoms with Gasteiger partial charge in [0.2, 0.25) is 5.91 Å². The van der Waals surface area contributed by atoms with Crippen LogP contribution in [0.3, 0.4) is 0 Å². The van der Waals surface area contributed by atoms with Crippen LogP contribution in [0.25, 0.3) is 0 Å². The Hall–Kier alpha value is -1.73. The molecule has 5 nitrogen and oxygen atoms in total. The normalized spacial score (nSPS) is 17.7. The number of carbonyl (C=O) groups excluding carboxylic acids is 2. The molecule has 1 fully saturated rings. The van der Waals surface area contributed by atoms with Gasteiger partial charge >= 0.3 is 0 Å². The second kappa shape index (κ2) is 6.41. The summed E-state index contributed by atoms with van der Waals surface area (Å²) in [5.41, 5.74) is 6.21. The first-order chi connectivity index (χ1) is 11.0. The van der Waals surface area contributed by atoms with Crippen molar-refractivity contribution in [1.29, 1.82) is 0 Å². The molecule has 0 aliphatic carbocycles. The monoisotopic (exact) mass is 349 g/mol. The summed E-state index contributed by atoms with van der Waals surface area (Å²) in [7, 11) is 0. The number of rotatable bonds is 4. The van der Waals surface area contributed by atoms with Crippen LogP contribution in [0.5, 0.6) is 0 Å². The molecule has 2 N–H and O–H groups in total. The third-order valence-corrected chi connectivity index (χ3v) is 6.22. The molecule has 2 aromatic heterocycles. The number of thiophene rings is 1. The molecule has 1 atom stereocenters. The second-order valence-corrected chi connectivity index (χ2v) is 8.25. The van der Waals surface area contributed by atoms with E-state index >= 15 is 0 Å². The lowest BCUT2D eigenvalue weighted by molar-refractivity contribution is -0.131. The van der Waals surface area contributed by atoms with Gasteiger partial charge < -0.3 is 10.6 Å². The quantitative estimate of drug-likeness (QED) is 0.922. The first-order valence-electron chi connectivity index (χ1n) is 7.57. The first kappa shape index (κ1) is 16.1. The van der Waals surface area contributed by atoms with E-state index in [2.05, 4.69) is 4.98 Å². The number of amides is 2. The van der Waals surface area contributed by atoms with Crippen LogP contribution in [0.4, 0.5) is 0 Å². The summed E-state index contributed by atoms with van der Waals surface area (Å²) in [6.45, 7) is 4.73. The van der Waals surface area contributed by atoms with Gasteiger partial charge in [0.15, 0.2) is 0 Å². The fraction of sp³-hybridized carbons (Fsp3) is 0.438. The minimum Gasteiger partial charge on any atom is -0.365 e. The molecule has 3 heterocycles. The van der Waals surface area contributed by atoms with Crippen molar-refractivity contribution in [3.8, 4) is 0 Å². The fourth-order valence-electron chi connectivity index (χ4n) is 3.01. The van der Waals surface area contributed by atoms with E-state index in [4.69, 9.17) is 5.73 Å². The molecule has 0 saturated carbocycles. The topological polar surface area (TPSA) is 76.3 Å². The maximum Gasteiger partial charge on any atom is 0.258 e. The van der Waals surface area contributed by atoms with Gasteiger partial charge in [-0.05, 0) is 38.8 Å². The van der Waals surface area contributed by atoms with Gasteiger partial charge in [0.25, 0.3) is 5.91 Å². The molecule has 1 saturated heterocycles. The van der Waals surface area contributed by atoms with Crippen LogP contribution in [-0.4, -0.2) is 28.2 Å². The summed E-state index contributed by atoms with van der Waals surface area (Å²) < 4.78 is 0. The predicted molar refractivity (Wildman–Crippen MR) is 91.8 cm³/mol. The van der Waals surface area contributed by atoms with Gasteiger partial charge in [-0.15, -0.1) is 22.7 Å². The number of hydrogen-bond acceptors (Lipinski definition) is 5. The third kappa shape index (κ3) is 3.30. The van der Waals surface area contributed by atoms with Crippen LogP contribution in [0.2, 0.25) is 0 Å². The van der Waals surface area contributed by atoms with Crippen molar-refractivity contribution in [2.75, 3.05) is 6.54 Å². The van der Waals surface area contributed by atoms with Crippen LogP contribution in [0, 0.1) is 13.8 Å². The van der Waals surface area contributed by atoms with E-state index in [9.17, 15) is 9.59 Å². The summed E-state index contributed by atoms with van der Waals surface area (Å²) in [4.78, 5) is 33.0. The molecular formula is C16H19N3O2S2. The molecule has 0 bridgehead atoms. The van der Waals surface area contributed by atoms with Crippen molar-refractivity contribution < 1.29 is 9.59 Å². The molecule has 0 radical (unpaired) electrons. The number of aromatic nitrogens is 1. The number of carbonyl (C=O) groups is 2. The van der Waals surface area contributed by atoms with Crippen LogP contribution >= 0.6 is 22.7 Å². The highest BCUT2D eigenvalue weighted by Gasteiger charge is 2.31. The highest BCUT2D eigenvalue weighted by atomic mass is 32.1. The first-order valence-corrected chi connectivity index (χ1v) is 9.21. The molecule has 0 spiro atoms. The SMILES string of the molecule is Cc1nc(CC(=O)N2CCC[C@H]2c2ccc(C(N)=O)s2)c(C)s1. The largest absolute Gasteiger partial charge is 0.365 e. The number of nitrogens with two attached hydrogens (primary N) is 1. The van der Waals surface area contributed by atoms with E-state index in [0.717, 1.165) is 39.8 Å². The Morgan fingerprint density at radius 3 is 2.74 bits per heavy atom. The average Bonchev–Trinajstić information content (AvgIpc) is 3.18. The van der Waals surface area contributed by atoms with Gasteiger partial charge in [-0.1, -0.05) is 0 Å². The number of hydrogen-bond donors (Lipinski definition) is 1. The molecular weight excluding hydrogens is 330 g/mol. The number of aryl methyl sites for hydroxylation is 2. The number of nitrogens with zero attached hydrogens (tertiary/aromatic N) is 2. The van der Waals surface area contributed by atoms with E-state index in [1.54, 1.807) is 17.4 Å². The molecule has 7 heteroatoms. The van der Waals surface area contributed by atoms with Gasteiger partial charge in [-0.3, -0.25) is 9.59 Å². The minimum atomic E-state index is -0.411. The highest BCUT2D eigenvalue weighted by molar-refractivity contribution is 7.14. The van der Waals surface area contributed by atoms with Gasteiger partial charge in [0.1, 0.15) is 0 Å². The van der Waals surface area contributed by atoms with Crippen molar-refractivity contribution in [2.24, 2.45) is 5.73 Å². The van der Waals surface area contributed by atoms with Crippen molar-refractivity contribution >= 4 is 34.5 Å². The van der Waals surface area contributed by atoms with Crippen molar-refractivity contribution in [3.05, 3.63) is 37.5 Å². The lowest BCUT2D eigenvalue weighted by Crippen LogP contribution is -2.31. The molecule has 2 amide bonds. The Morgan fingerprint density at radius 2 is 2.13 bits per heavy atom. The van der Waals surface area contributed by atoms with E-state index < -0.39 is 5.91 Å². The zero-order valence-electron chi connectivity index (χ0n) is 13.2. The fourth-order valence-corrected chi connectivity index (χ4v) is 4.85. The highest BCUT2D eigenvalue weighted by Crippen LogP contribution is 2.36. The average molecular weight is 349 g/mol. The Labute approximate surface area is 143 Å². The van der Waals surface area contributed by atoms with Gasteiger partial charge in [0, 0.05) is 16.3 Å². The molecule has 2 aromatic rings. The Kier molecular flexibility index (Phi) is 4.50. The Morgan fingerprint density at radius 1 is 1.35 bits per heavy atom. The zero-order chi connectivity index (χ0) is 16.6. The Balaban J connectivity index is 1.76. The van der Waals surface area contributed by atoms with Gasteiger partial charge in [-0.2, -0.15) is 0 Å². The maximum atomic E-state index is 12.7. The van der Waals surface area contributed by atoms with Crippen LogP contribution in [0.15, 0.2) is 12.1 Å².